The number of rotatable bonds is 1. The van der Waals surface area contributed by atoms with Gasteiger partial charge in [-0.15, -0.1) is 0 Å². The minimum atomic E-state index is 0.151. The van der Waals surface area contributed by atoms with E-state index in [1.807, 2.05) is 6.07 Å². The Hall–Kier alpha value is -1.67. The van der Waals surface area contributed by atoms with Gasteiger partial charge in [0.1, 0.15) is 11.5 Å². The second kappa shape index (κ2) is 4.06. The van der Waals surface area contributed by atoms with E-state index in [1.54, 1.807) is 37.3 Å². The second-order valence-corrected chi connectivity index (χ2v) is 4.05. The van der Waals surface area contributed by atoms with Crippen LogP contribution in [0.2, 0.25) is 5.02 Å². The van der Waals surface area contributed by atoms with Gasteiger partial charge in [0, 0.05) is 10.6 Å². The molecule has 0 aliphatic rings. The van der Waals surface area contributed by atoms with E-state index in [9.17, 15) is 10.2 Å². The molecule has 0 aromatic heterocycles. The Morgan fingerprint density at radius 3 is 2.44 bits per heavy atom. The molecule has 16 heavy (non-hydrogen) atoms. The van der Waals surface area contributed by atoms with E-state index in [-0.39, 0.29) is 11.5 Å². The van der Waals surface area contributed by atoms with Crippen molar-refractivity contribution in [2.75, 3.05) is 0 Å². The number of halogens is 1. The van der Waals surface area contributed by atoms with Gasteiger partial charge in [0.2, 0.25) is 0 Å². The predicted molar refractivity (Wildman–Crippen MR) is 65.0 cm³/mol. The van der Waals surface area contributed by atoms with Crippen LogP contribution < -0.4 is 0 Å². The highest BCUT2D eigenvalue weighted by molar-refractivity contribution is 6.31. The number of hydrogen-bond donors (Lipinski definition) is 2. The summed E-state index contributed by atoms with van der Waals surface area (Å²) >= 11 is 5.89. The average molecular weight is 235 g/mol. The first-order chi connectivity index (χ1) is 7.59. The first-order valence-corrected chi connectivity index (χ1v) is 5.25. The first kappa shape index (κ1) is 10.8. The Labute approximate surface area is 98.7 Å². The second-order valence-electron chi connectivity index (χ2n) is 3.61. The topological polar surface area (TPSA) is 40.5 Å². The zero-order valence-corrected chi connectivity index (χ0v) is 9.49. The molecule has 82 valence electrons. The lowest BCUT2D eigenvalue weighted by Crippen LogP contribution is -1.84. The minimum absolute atomic E-state index is 0.151. The molecule has 2 aromatic rings. The van der Waals surface area contributed by atoms with Gasteiger partial charge in [0.15, 0.2) is 0 Å². The Morgan fingerprint density at radius 1 is 0.938 bits per heavy atom. The lowest BCUT2D eigenvalue weighted by atomic mass is 9.99. The summed E-state index contributed by atoms with van der Waals surface area (Å²) in [4.78, 5) is 0. The van der Waals surface area contributed by atoms with Gasteiger partial charge in [-0.05, 0) is 42.3 Å². The molecule has 0 saturated carbocycles. The standard InChI is InChI=1S/C13H11ClO2/c1-8-10(3-2-4-12(8)15)11-7-9(14)5-6-13(11)16/h2-7,15-16H,1H3. The Bertz CT molecular complexity index is 535. The molecular weight excluding hydrogens is 224 g/mol. The quantitative estimate of drug-likeness (QED) is 0.789. The molecule has 0 fully saturated rings. The summed E-state index contributed by atoms with van der Waals surface area (Å²) in [6.07, 6.45) is 0. The van der Waals surface area contributed by atoms with Crippen LogP contribution in [0.25, 0.3) is 11.1 Å². The molecule has 0 amide bonds. The fraction of sp³-hybridized carbons (Fsp3) is 0.0769. The number of aromatic hydroxyl groups is 2. The highest BCUT2D eigenvalue weighted by Crippen LogP contribution is 2.36. The zero-order chi connectivity index (χ0) is 11.7. The molecule has 0 unspecified atom stereocenters. The third-order valence-electron chi connectivity index (χ3n) is 2.55. The highest BCUT2D eigenvalue weighted by atomic mass is 35.5. The van der Waals surface area contributed by atoms with Gasteiger partial charge in [0.25, 0.3) is 0 Å². The van der Waals surface area contributed by atoms with Crippen LogP contribution in [0.3, 0.4) is 0 Å². The van der Waals surface area contributed by atoms with E-state index in [0.29, 0.717) is 10.6 Å². The largest absolute Gasteiger partial charge is 0.508 e. The van der Waals surface area contributed by atoms with Crippen LogP contribution in [0, 0.1) is 6.92 Å². The van der Waals surface area contributed by atoms with Crippen molar-refractivity contribution in [3.63, 3.8) is 0 Å². The van der Waals surface area contributed by atoms with Crippen LogP contribution in [-0.4, -0.2) is 10.2 Å². The maximum absolute atomic E-state index is 9.76. The van der Waals surface area contributed by atoms with Crippen molar-refractivity contribution >= 4 is 11.6 Å². The van der Waals surface area contributed by atoms with Crippen LogP contribution in [0.4, 0.5) is 0 Å². The van der Waals surface area contributed by atoms with Gasteiger partial charge in [-0.3, -0.25) is 0 Å². The maximum Gasteiger partial charge on any atom is 0.123 e. The molecule has 0 aliphatic heterocycles. The number of hydrogen-bond acceptors (Lipinski definition) is 2. The molecule has 0 bridgehead atoms. The average Bonchev–Trinajstić information content (AvgIpc) is 2.26. The lowest BCUT2D eigenvalue weighted by Gasteiger charge is -2.09. The summed E-state index contributed by atoms with van der Waals surface area (Å²) < 4.78 is 0. The van der Waals surface area contributed by atoms with Gasteiger partial charge >= 0.3 is 0 Å². The molecule has 3 heteroatoms. The van der Waals surface area contributed by atoms with E-state index < -0.39 is 0 Å². The van der Waals surface area contributed by atoms with Crippen molar-refractivity contribution in [3.8, 4) is 22.6 Å². The minimum Gasteiger partial charge on any atom is -0.508 e. The van der Waals surface area contributed by atoms with Crippen molar-refractivity contribution in [2.45, 2.75) is 6.92 Å². The molecule has 0 spiro atoms. The molecule has 0 aliphatic carbocycles. The zero-order valence-electron chi connectivity index (χ0n) is 8.74. The van der Waals surface area contributed by atoms with Gasteiger partial charge in [-0.2, -0.15) is 0 Å². The predicted octanol–water partition coefficient (Wildman–Crippen LogP) is 3.73. The molecule has 0 atom stereocenters. The number of benzene rings is 2. The smallest absolute Gasteiger partial charge is 0.123 e. The van der Waals surface area contributed by atoms with Gasteiger partial charge in [0.05, 0.1) is 0 Å². The molecule has 2 aromatic carbocycles. The van der Waals surface area contributed by atoms with Crippen LogP contribution >= 0.6 is 11.6 Å². The van der Waals surface area contributed by atoms with Crippen LogP contribution in [0.5, 0.6) is 11.5 Å². The SMILES string of the molecule is Cc1c(O)cccc1-c1cc(Cl)ccc1O. The van der Waals surface area contributed by atoms with Crippen molar-refractivity contribution < 1.29 is 10.2 Å². The third kappa shape index (κ3) is 1.84. The molecule has 0 heterocycles. The Morgan fingerprint density at radius 2 is 1.69 bits per heavy atom. The molecular formula is C13H11ClO2. The van der Waals surface area contributed by atoms with Crippen molar-refractivity contribution in [1.82, 2.24) is 0 Å². The fourth-order valence-corrected chi connectivity index (χ4v) is 1.81. The van der Waals surface area contributed by atoms with Crippen LogP contribution in [-0.2, 0) is 0 Å². The fourth-order valence-electron chi connectivity index (χ4n) is 1.64. The van der Waals surface area contributed by atoms with Crippen molar-refractivity contribution in [2.24, 2.45) is 0 Å². The third-order valence-corrected chi connectivity index (χ3v) is 2.79. The maximum atomic E-state index is 9.76. The molecule has 2 nitrogen and oxygen atoms in total. The van der Waals surface area contributed by atoms with E-state index >= 15 is 0 Å². The molecule has 2 N–H and O–H groups in total. The number of phenolic OH excluding ortho intramolecular Hbond substituents is 2. The molecule has 0 saturated heterocycles. The lowest BCUT2D eigenvalue weighted by molar-refractivity contribution is 0.470. The van der Waals surface area contributed by atoms with E-state index in [2.05, 4.69) is 0 Å². The summed E-state index contributed by atoms with van der Waals surface area (Å²) in [5.74, 6) is 0.356. The number of phenols is 2. The Balaban J connectivity index is 2.67. The van der Waals surface area contributed by atoms with Crippen LogP contribution in [0.1, 0.15) is 5.56 Å². The summed E-state index contributed by atoms with van der Waals surface area (Å²) in [6.45, 7) is 1.80. The van der Waals surface area contributed by atoms with Gasteiger partial charge < -0.3 is 10.2 Å². The first-order valence-electron chi connectivity index (χ1n) is 4.87. The summed E-state index contributed by atoms with van der Waals surface area (Å²) in [5.41, 5.74) is 2.13. The van der Waals surface area contributed by atoms with E-state index in [4.69, 9.17) is 11.6 Å². The summed E-state index contributed by atoms with van der Waals surface area (Å²) in [6, 6.07) is 10.0. The summed E-state index contributed by atoms with van der Waals surface area (Å²) in [5, 5.41) is 19.9. The highest BCUT2D eigenvalue weighted by Gasteiger charge is 2.09. The van der Waals surface area contributed by atoms with Crippen LogP contribution in [0.15, 0.2) is 36.4 Å². The van der Waals surface area contributed by atoms with E-state index in [1.165, 1.54) is 0 Å². The van der Waals surface area contributed by atoms with Crippen molar-refractivity contribution in [3.05, 3.63) is 47.0 Å². The summed E-state index contributed by atoms with van der Waals surface area (Å²) in [7, 11) is 0. The monoisotopic (exact) mass is 234 g/mol. The van der Waals surface area contributed by atoms with Gasteiger partial charge in [-0.1, -0.05) is 23.7 Å². The van der Waals surface area contributed by atoms with Gasteiger partial charge in [-0.25, -0.2) is 0 Å². The van der Waals surface area contributed by atoms with Crippen molar-refractivity contribution in [1.29, 1.82) is 0 Å². The normalized spacial score (nSPS) is 10.4. The Kier molecular flexibility index (Phi) is 2.75. The molecule has 0 radical (unpaired) electrons. The molecule has 2 rings (SSSR count). The van der Waals surface area contributed by atoms with E-state index in [0.717, 1.165) is 11.1 Å².